The number of fused-ring (bicyclic) bond motifs is 3. The van der Waals surface area contributed by atoms with E-state index in [9.17, 15) is 8.42 Å². The van der Waals surface area contributed by atoms with E-state index in [0.29, 0.717) is 16.6 Å². The molecule has 0 radical (unpaired) electrons. The predicted octanol–water partition coefficient (Wildman–Crippen LogP) is 4.10. The van der Waals surface area contributed by atoms with Gasteiger partial charge in [-0.25, -0.2) is 8.42 Å². The van der Waals surface area contributed by atoms with Gasteiger partial charge in [-0.05, 0) is 24.3 Å². The Bertz CT molecular complexity index is 1120. The first kappa shape index (κ1) is 19.7. The number of sulfone groups is 1. The molecular formula is C20H19Cl2NO4S. The molecule has 3 heterocycles. The summed E-state index contributed by atoms with van der Waals surface area (Å²) in [6.07, 6.45) is 0.789. The lowest BCUT2D eigenvalue weighted by Gasteiger charge is -2.39. The summed E-state index contributed by atoms with van der Waals surface area (Å²) in [7, 11) is -3.64. The minimum absolute atomic E-state index is 0. The second-order valence-electron chi connectivity index (χ2n) is 7.01. The molecule has 1 aromatic heterocycles. The Morgan fingerprint density at radius 3 is 2.50 bits per heavy atom. The van der Waals surface area contributed by atoms with Gasteiger partial charge >= 0.3 is 0 Å². The summed E-state index contributed by atoms with van der Waals surface area (Å²) in [4.78, 5) is 2.82. The zero-order chi connectivity index (χ0) is 18.6. The van der Waals surface area contributed by atoms with Crippen molar-refractivity contribution in [2.75, 3.05) is 19.8 Å². The molecule has 0 N–H and O–H groups in total. The Hall–Kier alpha value is -1.57. The average Bonchev–Trinajstić information content (AvgIpc) is 3.00. The first-order valence-corrected chi connectivity index (χ1v) is 10.8. The zero-order valence-corrected chi connectivity index (χ0v) is 17.3. The molecule has 2 aliphatic heterocycles. The molecule has 5 nitrogen and oxygen atoms in total. The Morgan fingerprint density at radius 1 is 1.07 bits per heavy atom. The summed E-state index contributed by atoms with van der Waals surface area (Å²) in [5, 5.41) is 1.12. The van der Waals surface area contributed by atoms with Gasteiger partial charge in [-0.3, -0.25) is 4.90 Å². The monoisotopic (exact) mass is 439 g/mol. The van der Waals surface area contributed by atoms with E-state index in [4.69, 9.17) is 20.8 Å². The number of hydrogen-bond donors (Lipinski definition) is 0. The SMILES string of the molecule is Cl.O=S(=O)(c1ccccc1)c1cc(Cl)c2oc3c(c2c1)CN(C1COC1)CC3. The van der Waals surface area contributed by atoms with Crippen LogP contribution in [0.15, 0.2) is 56.7 Å². The van der Waals surface area contributed by atoms with Gasteiger partial charge in [0.2, 0.25) is 9.84 Å². The molecule has 8 heteroatoms. The van der Waals surface area contributed by atoms with Crippen molar-refractivity contribution in [2.45, 2.75) is 28.8 Å². The standard InChI is InChI=1S/C20H18ClNO4S.ClH/c21-18-9-15(27(23,24)14-4-2-1-3-5-14)8-16-17-10-22(13-11-25-12-13)7-6-19(17)26-20(16)18;/h1-5,8-9,13H,6-7,10-12H2;1H. The fourth-order valence-electron chi connectivity index (χ4n) is 3.77. The smallest absolute Gasteiger partial charge is 0.206 e. The van der Waals surface area contributed by atoms with E-state index < -0.39 is 9.84 Å². The molecule has 28 heavy (non-hydrogen) atoms. The molecule has 1 fully saturated rings. The lowest BCUT2D eigenvalue weighted by molar-refractivity contribution is -0.0699. The predicted molar refractivity (Wildman–Crippen MR) is 109 cm³/mol. The summed E-state index contributed by atoms with van der Waals surface area (Å²) in [6.45, 7) is 3.13. The van der Waals surface area contributed by atoms with Crippen molar-refractivity contribution in [2.24, 2.45) is 0 Å². The molecule has 0 atom stereocenters. The highest BCUT2D eigenvalue weighted by molar-refractivity contribution is 7.91. The van der Waals surface area contributed by atoms with Gasteiger partial charge in [0.25, 0.3) is 0 Å². The lowest BCUT2D eigenvalue weighted by atomic mass is 10.0. The highest BCUT2D eigenvalue weighted by Crippen LogP contribution is 2.38. The first-order chi connectivity index (χ1) is 13.0. The van der Waals surface area contributed by atoms with Gasteiger partial charge in [-0.15, -0.1) is 12.4 Å². The van der Waals surface area contributed by atoms with Crippen LogP contribution in [0.4, 0.5) is 0 Å². The second-order valence-corrected chi connectivity index (χ2v) is 9.37. The molecule has 0 amide bonds. The summed E-state index contributed by atoms with van der Waals surface area (Å²) in [5.74, 6) is 0.901. The number of benzene rings is 2. The van der Waals surface area contributed by atoms with E-state index >= 15 is 0 Å². The van der Waals surface area contributed by atoms with Crippen molar-refractivity contribution < 1.29 is 17.6 Å². The van der Waals surface area contributed by atoms with Crippen molar-refractivity contribution >= 4 is 44.8 Å². The molecule has 0 spiro atoms. The molecule has 0 saturated carbocycles. The lowest BCUT2D eigenvalue weighted by Crippen LogP contribution is -2.50. The zero-order valence-electron chi connectivity index (χ0n) is 14.9. The van der Waals surface area contributed by atoms with Crippen LogP contribution in [-0.2, 0) is 27.5 Å². The van der Waals surface area contributed by atoms with Crippen molar-refractivity contribution in [1.29, 1.82) is 0 Å². The largest absolute Gasteiger partial charge is 0.459 e. The highest BCUT2D eigenvalue weighted by atomic mass is 35.5. The van der Waals surface area contributed by atoms with E-state index in [0.717, 1.165) is 49.4 Å². The van der Waals surface area contributed by atoms with Crippen LogP contribution < -0.4 is 0 Å². The third-order valence-corrected chi connectivity index (χ3v) is 7.42. The van der Waals surface area contributed by atoms with Crippen molar-refractivity contribution in [3.63, 3.8) is 0 Å². The Morgan fingerprint density at radius 2 is 1.82 bits per heavy atom. The molecule has 148 valence electrons. The normalized spacial score (nSPS) is 17.8. The van der Waals surface area contributed by atoms with Gasteiger partial charge in [0, 0.05) is 30.5 Å². The van der Waals surface area contributed by atoms with E-state index in [2.05, 4.69) is 4.90 Å². The molecular weight excluding hydrogens is 421 g/mol. The van der Waals surface area contributed by atoms with Crippen LogP contribution in [0.1, 0.15) is 11.3 Å². The summed E-state index contributed by atoms with van der Waals surface area (Å²) in [6, 6.07) is 12.0. The summed E-state index contributed by atoms with van der Waals surface area (Å²) >= 11 is 6.42. The third-order valence-electron chi connectivity index (χ3n) is 5.39. The van der Waals surface area contributed by atoms with E-state index in [1.807, 2.05) is 0 Å². The molecule has 2 aliphatic rings. The Labute approximate surface area is 174 Å². The van der Waals surface area contributed by atoms with Gasteiger partial charge in [0.15, 0.2) is 5.58 Å². The second kappa shape index (κ2) is 7.35. The first-order valence-electron chi connectivity index (χ1n) is 8.90. The quantitative estimate of drug-likeness (QED) is 0.614. The number of nitrogens with zero attached hydrogens (tertiary/aromatic N) is 1. The van der Waals surface area contributed by atoms with Crippen LogP contribution >= 0.6 is 24.0 Å². The highest BCUT2D eigenvalue weighted by Gasteiger charge is 2.32. The van der Waals surface area contributed by atoms with Crippen molar-refractivity contribution in [3.8, 4) is 0 Å². The molecule has 0 bridgehead atoms. The molecule has 5 rings (SSSR count). The number of rotatable bonds is 3. The van der Waals surface area contributed by atoms with Crippen LogP contribution in [0, 0.1) is 0 Å². The van der Waals surface area contributed by atoms with Gasteiger partial charge in [-0.1, -0.05) is 29.8 Å². The molecule has 2 aromatic carbocycles. The van der Waals surface area contributed by atoms with Gasteiger partial charge < -0.3 is 9.15 Å². The number of hydrogen-bond acceptors (Lipinski definition) is 5. The fraction of sp³-hybridized carbons (Fsp3) is 0.300. The molecule has 0 unspecified atom stereocenters. The van der Waals surface area contributed by atoms with Crippen LogP contribution in [-0.4, -0.2) is 39.1 Å². The number of ether oxygens (including phenoxy) is 1. The van der Waals surface area contributed by atoms with Crippen LogP contribution in [0.2, 0.25) is 5.02 Å². The summed E-state index contributed by atoms with van der Waals surface area (Å²) in [5.41, 5.74) is 1.61. The topological polar surface area (TPSA) is 59.8 Å². The third kappa shape index (κ3) is 3.13. The Balaban J connectivity index is 0.00000192. The fourth-order valence-corrected chi connectivity index (χ4v) is 5.43. The van der Waals surface area contributed by atoms with Crippen molar-refractivity contribution in [1.82, 2.24) is 4.90 Å². The van der Waals surface area contributed by atoms with E-state index in [1.165, 1.54) is 6.07 Å². The van der Waals surface area contributed by atoms with E-state index in [1.54, 1.807) is 36.4 Å². The van der Waals surface area contributed by atoms with E-state index in [-0.39, 0.29) is 22.2 Å². The van der Waals surface area contributed by atoms with Crippen LogP contribution in [0.3, 0.4) is 0 Å². The van der Waals surface area contributed by atoms with Gasteiger partial charge in [0.1, 0.15) is 5.76 Å². The van der Waals surface area contributed by atoms with Crippen LogP contribution in [0.25, 0.3) is 11.0 Å². The van der Waals surface area contributed by atoms with Gasteiger partial charge in [0.05, 0.1) is 34.1 Å². The molecule has 0 aliphatic carbocycles. The van der Waals surface area contributed by atoms with Crippen LogP contribution in [0.5, 0.6) is 0 Å². The minimum Gasteiger partial charge on any atom is -0.459 e. The maximum atomic E-state index is 13.0. The molecule has 3 aromatic rings. The maximum absolute atomic E-state index is 13.0. The number of furan rings is 1. The average molecular weight is 440 g/mol. The molecule has 1 saturated heterocycles. The van der Waals surface area contributed by atoms with Gasteiger partial charge in [-0.2, -0.15) is 0 Å². The maximum Gasteiger partial charge on any atom is 0.206 e. The Kier molecular flexibility index (Phi) is 5.18. The van der Waals surface area contributed by atoms with Crippen molar-refractivity contribution in [3.05, 3.63) is 58.8 Å². The minimum atomic E-state index is -3.64. The number of halogens is 2. The summed E-state index contributed by atoms with van der Waals surface area (Å²) < 4.78 is 37.4.